The summed E-state index contributed by atoms with van der Waals surface area (Å²) < 4.78 is 0. The first-order valence-corrected chi connectivity index (χ1v) is 12.2. The molecule has 6 heteroatoms. The van der Waals surface area contributed by atoms with Crippen molar-refractivity contribution in [1.29, 1.82) is 0 Å². The van der Waals surface area contributed by atoms with Gasteiger partial charge in [0.05, 0.1) is 0 Å². The van der Waals surface area contributed by atoms with Crippen LogP contribution in [0.3, 0.4) is 0 Å². The van der Waals surface area contributed by atoms with Gasteiger partial charge in [0, 0.05) is 18.8 Å². The van der Waals surface area contributed by atoms with Crippen molar-refractivity contribution in [1.82, 2.24) is 0 Å². The Kier molecular flexibility index (Phi) is 19.0. The van der Waals surface area contributed by atoms with Crippen LogP contribution in [-0.2, 0) is 29.1 Å². The van der Waals surface area contributed by atoms with E-state index in [-0.39, 0.29) is 11.8 Å². The Labute approximate surface area is 184 Å². The molecule has 0 aliphatic rings. The smallest absolute Gasteiger partial charge is 0.296 e. The van der Waals surface area contributed by atoms with E-state index in [9.17, 15) is 9.59 Å². The monoisotopic (exact) mass is 430 g/mol. The predicted octanol–water partition coefficient (Wildman–Crippen LogP) is 7.06. The minimum absolute atomic E-state index is 0.0975. The molecule has 0 radical (unpaired) electrons. The molecule has 0 fully saturated rings. The highest BCUT2D eigenvalue weighted by molar-refractivity contribution is 5.68. The number of rotatable bonds is 20. The van der Waals surface area contributed by atoms with Crippen molar-refractivity contribution in [3.05, 3.63) is 0 Å². The number of hydrogen-bond donors (Lipinski definition) is 0. The summed E-state index contributed by atoms with van der Waals surface area (Å²) in [6, 6.07) is 0. The molecule has 2 atom stereocenters. The quantitative estimate of drug-likeness (QED) is 0.0891. The van der Waals surface area contributed by atoms with Gasteiger partial charge in [0.1, 0.15) is 0 Å². The second-order valence-corrected chi connectivity index (χ2v) is 8.43. The summed E-state index contributed by atoms with van der Waals surface area (Å²) in [5, 5.41) is 0. The Morgan fingerprint density at radius 2 is 1.07 bits per heavy atom. The van der Waals surface area contributed by atoms with Gasteiger partial charge in [0.2, 0.25) is 6.29 Å². The standard InChI is InChI=1S/C24H46O6/c1-6-9-11-13-15-18-22(25)27-29-24(21(5)20(4)17-8-3)30-28-23(26)19-16-14-12-10-7-2/h20-21,24H,6-19H2,1-5H3. The maximum atomic E-state index is 12.0. The normalized spacial score (nSPS) is 13.3. The minimum Gasteiger partial charge on any atom is -0.296 e. The molecular weight excluding hydrogens is 384 g/mol. The molecule has 0 aromatic rings. The first-order valence-electron chi connectivity index (χ1n) is 12.2. The average molecular weight is 431 g/mol. The highest BCUT2D eigenvalue weighted by atomic mass is 17.3. The fourth-order valence-electron chi connectivity index (χ4n) is 3.21. The third-order valence-corrected chi connectivity index (χ3v) is 5.51. The van der Waals surface area contributed by atoms with Crippen LogP contribution in [0.15, 0.2) is 0 Å². The Balaban J connectivity index is 4.40. The van der Waals surface area contributed by atoms with Gasteiger partial charge in [-0.15, -0.1) is 9.78 Å². The van der Waals surface area contributed by atoms with Gasteiger partial charge in [-0.25, -0.2) is 9.59 Å². The van der Waals surface area contributed by atoms with E-state index in [1.807, 2.05) is 6.92 Å². The lowest BCUT2D eigenvalue weighted by Gasteiger charge is -2.25. The topological polar surface area (TPSA) is 71.1 Å². The van der Waals surface area contributed by atoms with Crippen molar-refractivity contribution in [3.63, 3.8) is 0 Å². The van der Waals surface area contributed by atoms with E-state index in [1.165, 1.54) is 12.8 Å². The number of unbranched alkanes of at least 4 members (excludes halogenated alkanes) is 8. The van der Waals surface area contributed by atoms with Crippen LogP contribution in [0.2, 0.25) is 0 Å². The van der Waals surface area contributed by atoms with Crippen molar-refractivity contribution >= 4 is 11.9 Å². The first-order chi connectivity index (χ1) is 14.5. The zero-order valence-electron chi connectivity index (χ0n) is 20.1. The van der Waals surface area contributed by atoms with E-state index in [2.05, 4.69) is 27.7 Å². The lowest BCUT2D eigenvalue weighted by molar-refractivity contribution is -0.442. The number of hydrogen-bond acceptors (Lipinski definition) is 6. The summed E-state index contributed by atoms with van der Waals surface area (Å²) >= 11 is 0. The Bertz CT molecular complexity index is 396. The summed E-state index contributed by atoms with van der Waals surface area (Å²) in [5.74, 6) is -0.671. The Morgan fingerprint density at radius 1 is 0.633 bits per heavy atom. The van der Waals surface area contributed by atoms with E-state index < -0.39 is 18.2 Å². The predicted molar refractivity (Wildman–Crippen MR) is 118 cm³/mol. The summed E-state index contributed by atoms with van der Waals surface area (Å²) in [7, 11) is 0. The minimum atomic E-state index is -0.931. The molecule has 0 aliphatic heterocycles. The van der Waals surface area contributed by atoms with Gasteiger partial charge in [-0.2, -0.15) is 0 Å². The van der Waals surface area contributed by atoms with E-state index >= 15 is 0 Å². The van der Waals surface area contributed by atoms with Crippen LogP contribution >= 0.6 is 0 Å². The van der Waals surface area contributed by atoms with Crippen LogP contribution in [0, 0.1) is 11.8 Å². The molecule has 0 saturated heterocycles. The van der Waals surface area contributed by atoms with Crippen molar-refractivity contribution in [2.24, 2.45) is 11.8 Å². The molecule has 6 nitrogen and oxygen atoms in total. The molecule has 0 heterocycles. The van der Waals surface area contributed by atoms with E-state index in [1.54, 1.807) is 0 Å². The second kappa shape index (κ2) is 19.8. The van der Waals surface area contributed by atoms with Gasteiger partial charge in [0.15, 0.2) is 0 Å². The van der Waals surface area contributed by atoms with Gasteiger partial charge < -0.3 is 0 Å². The van der Waals surface area contributed by atoms with E-state index in [0.717, 1.165) is 64.2 Å². The molecular formula is C24H46O6. The molecule has 0 aliphatic carbocycles. The summed E-state index contributed by atoms with van der Waals surface area (Å²) in [4.78, 5) is 44.4. The number of carbonyl (C=O) groups is 2. The van der Waals surface area contributed by atoms with Crippen LogP contribution in [0.5, 0.6) is 0 Å². The fraction of sp³-hybridized carbons (Fsp3) is 0.917. The van der Waals surface area contributed by atoms with Crippen molar-refractivity contribution in [2.75, 3.05) is 0 Å². The summed E-state index contributed by atoms with van der Waals surface area (Å²) in [6.07, 6.45) is 12.2. The van der Waals surface area contributed by atoms with Crippen LogP contribution < -0.4 is 0 Å². The summed E-state index contributed by atoms with van der Waals surface area (Å²) in [6.45, 7) is 10.4. The van der Waals surface area contributed by atoms with Gasteiger partial charge >= 0.3 is 11.9 Å². The van der Waals surface area contributed by atoms with Crippen LogP contribution in [0.1, 0.15) is 125 Å². The van der Waals surface area contributed by atoms with Crippen LogP contribution in [0.25, 0.3) is 0 Å². The van der Waals surface area contributed by atoms with Crippen molar-refractivity contribution in [3.8, 4) is 0 Å². The zero-order chi connectivity index (χ0) is 22.6. The van der Waals surface area contributed by atoms with Gasteiger partial charge in [0.25, 0.3) is 0 Å². The third kappa shape index (κ3) is 15.7. The Hall–Kier alpha value is -1.14. The van der Waals surface area contributed by atoms with Gasteiger partial charge in [-0.3, -0.25) is 9.78 Å². The fourth-order valence-corrected chi connectivity index (χ4v) is 3.21. The highest BCUT2D eigenvalue weighted by Crippen LogP contribution is 2.24. The zero-order valence-corrected chi connectivity index (χ0v) is 20.1. The van der Waals surface area contributed by atoms with E-state index in [4.69, 9.17) is 19.6 Å². The van der Waals surface area contributed by atoms with Gasteiger partial charge in [-0.05, 0) is 18.8 Å². The molecule has 30 heavy (non-hydrogen) atoms. The molecule has 0 amide bonds. The molecule has 0 saturated carbocycles. The maximum absolute atomic E-state index is 12.0. The molecule has 2 unspecified atom stereocenters. The van der Waals surface area contributed by atoms with Crippen LogP contribution in [0.4, 0.5) is 0 Å². The summed E-state index contributed by atoms with van der Waals surface area (Å²) in [5.41, 5.74) is 0. The first kappa shape index (κ1) is 28.9. The SMILES string of the molecule is CCCCCCCC(=O)OOC(OOC(=O)CCCCCCC)C(C)C(C)CCC. The third-order valence-electron chi connectivity index (χ3n) is 5.51. The lowest BCUT2D eigenvalue weighted by atomic mass is 9.91. The lowest BCUT2D eigenvalue weighted by Crippen LogP contribution is -2.31. The van der Waals surface area contributed by atoms with Crippen molar-refractivity contribution in [2.45, 2.75) is 131 Å². The molecule has 0 bridgehead atoms. The van der Waals surface area contributed by atoms with Crippen LogP contribution in [-0.4, -0.2) is 18.2 Å². The second-order valence-electron chi connectivity index (χ2n) is 8.43. The molecule has 0 rings (SSSR count). The average Bonchev–Trinajstić information content (AvgIpc) is 2.73. The number of carbonyl (C=O) groups excluding carboxylic acids is 2. The molecule has 0 aromatic carbocycles. The largest absolute Gasteiger partial charge is 0.342 e. The maximum Gasteiger partial charge on any atom is 0.342 e. The highest BCUT2D eigenvalue weighted by Gasteiger charge is 2.29. The molecule has 0 spiro atoms. The molecule has 0 N–H and O–H groups in total. The van der Waals surface area contributed by atoms with Crippen molar-refractivity contribution < 1.29 is 29.1 Å². The van der Waals surface area contributed by atoms with Gasteiger partial charge in [-0.1, -0.05) is 98.8 Å². The molecule has 178 valence electrons. The van der Waals surface area contributed by atoms with E-state index in [0.29, 0.717) is 12.8 Å². The molecule has 0 aromatic heterocycles. The Morgan fingerprint density at radius 3 is 1.47 bits per heavy atom.